The van der Waals surface area contributed by atoms with Crippen LogP contribution in [0.3, 0.4) is 0 Å². The normalized spacial score (nSPS) is 28.5. The second-order valence-corrected chi connectivity index (χ2v) is 5.91. The van der Waals surface area contributed by atoms with Crippen molar-refractivity contribution in [3.63, 3.8) is 0 Å². The molecule has 3 heterocycles. The molecule has 5 heteroatoms. The quantitative estimate of drug-likeness (QED) is 0.884. The Morgan fingerprint density at radius 2 is 2.45 bits per heavy atom. The minimum Gasteiger partial charge on any atom is -0.373 e. The number of nitrogens with one attached hydrogen (secondary N) is 1. The number of ether oxygens (including phenoxy) is 1. The summed E-state index contributed by atoms with van der Waals surface area (Å²) in [5, 5.41) is 3.42. The van der Waals surface area contributed by atoms with Gasteiger partial charge in [-0.3, -0.25) is 4.90 Å². The summed E-state index contributed by atoms with van der Waals surface area (Å²) >= 11 is 0. The molecule has 0 amide bonds. The number of morpholine rings is 1. The second-order valence-electron chi connectivity index (χ2n) is 5.91. The van der Waals surface area contributed by atoms with Gasteiger partial charge in [0.1, 0.15) is 5.82 Å². The van der Waals surface area contributed by atoms with Gasteiger partial charge in [0.05, 0.1) is 18.8 Å². The summed E-state index contributed by atoms with van der Waals surface area (Å²) < 4.78 is 8.39. The molecule has 1 aromatic rings. The molecule has 2 aliphatic rings. The average molecular weight is 278 g/mol. The molecule has 0 radical (unpaired) electrons. The highest BCUT2D eigenvalue weighted by atomic mass is 16.5. The Bertz CT molecular complexity index is 433. The number of aryl methyl sites for hydroxylation is 1. The van der Waals surface area contributed by atoms with Gasteiger partial charge < -0.3 is 14.6 Å². The van der Waals surface area contributed by atoms with Gasteiger partial charge in [-0.25, -0.2) is 4.98 Å². The van der Waals surface area contributed by atoms with Gasteiger partial charge in [0, 0.05) is 31.5 Å². The van der Waals surface area contributed by atoms with E-state index < -0.39 is 0 Å². The van der Waals surface area contributed by atoms with Crippen LogP contribution in [-0.2, 0) is 11.3 Å². The molecule has 0 saturated carbocycles. The number of likely N-dealkylation sites (N-methyl/N-ethyl adjacent to an activating group) is 1. The Labute approximate surface area is 121 Å². The van der Waals surface area contributed by atoms with E-state index in [2.05, 4.69) is 32.9 Å². The standard InChI is InChI=1S/C15H26N4O/c1-3-7-18-9-6-17-15(18)14(16-2)13-10-19-8-4-5-12(19)11-20-13/h6,9,12-14,16H,3-5,7-8,10-11H2,1-2H3. The molecule has 2 aliphatic heterocycles. The summed E-state index contributed by atoms with van der Waals surface area (Å²) in [6.45, 7) is 6.34. The SMILES string of the molecule is CCCn1ccnc1C(NC)C1CN2CCCC2CO1. The average Bonchev–Trinajstić information content (AvgIpc) is 3.09. The maximum Gasteiger partial charge on any atom is 0.128 e. The van der Waals surface area contributed by atoms with Crippen molar-refractivity contribution >= 4 is 0 Å². The van der Waals surface area contributed by atoms with Gasteiger partial charge in [-0.1, -0.05) is 6.92 Å². The van der Waals surface area contributed by atoms with Crippen molar-refractivity contribution in [1.82, 2.24) is 19.8 Å². The van der Waals surface area contributed by atoms with Gasteiger partial charge in [0.15, 0.2) is 0 Å². The van der Waals surface area contributed by atoms with Crippen molar-refractivity contribution < 1.29 is 4.74 Å². The third-order valence-electron chi connectivity index (χ3n) is 4.59. The first kappa shape index (κ1) is 14.0. The second kappa shape index (κ2) is 6.24. The first-order valence-corrected chi connectivity index (χ1v) is 7.87. The molecule has 2 fully saturated rings. The summed E-state index contributed by atoms with van der Waals surface area (Å²) in [5.41, 5.74) is 0. The first-order chi connectivity index (χ1) is 9.83. The van der Waals surface area contributed by atoms with Gasteiger partial charge in [-0.2, -0.15) is 0 Å². The van der Waals surface area contributed by atoms with E-state index in [4.69, 9.17) is 4.74 Å². The monoisotopic (exact) mass is 278 g/mol. The van der Waals surface area contributed by atoms with E-state index in [1.54, 1.807) is 0 Å². The van der Waals surface area contributed by atoms with Crippen molar-refractivity contribution in [1.29, 1.82) is 0 Å². The number of hydrogen-bond acceptors (Lipinski definition) is 4. The summed E-state index contributed by atoms with van der Waals surface area (Å²) in [6, 6.07) is 0.831. The van der Waals surface area contributed by atoms with Crippen LogP contribution in [0.15, 0.2) is 12.4 Å². The highest BCUT2D eigenvalue weighted by Gasteiger charge is 2.37. The lowest BCUT2D eigenvalue weighted by atomic mass is 10.1. The van der Waals surface area contributed by atoms with Gasteiger partial charge in [-0.05, 0) is 32.9 Å². The molecule has 2 saturated heterocycles. The van der Waals surface area contributed by atoms with Crippen molar-refractivity contribution in [2.45, 2.75) is 50.9 Å². The van der Waals surface area contributed by atoms with Crippen LogP contribution in [0.1, 0.15) is 38.1 Å². The van der Waals surface area contributed by atoms with Crippen LogP contribution in [0.5, 0.6) is 0 Å². The smallest absolute Gasteiger partial charge is 0.128 e. The molecular weight excluding hydrogens is 252 g/mol. The number of nitrogens with zero attached hydrogens (tertiary/aromatic N) is 3. The minimum atomic E-state index is 0.179. The molecule has 0 spiro atoms. The number of hydrogen-bond donors (Lipinski definition) is 1. The van der Waals surface area contributed by atoms with Gasteiger partial charge in [0.25, 0.3) is 0 Å². The van der Waals surface area contributed by atoms with Crippen molar-refractivity contribution in [3.05, 3.63) is 18.2 Å². The molecule has 0 aromatic carbocycles. The van der Waals surface area contributed by atoms with Crippen LogP contribution in [-0.4, -0.2) is 53.3 Å². The highest BCUT2D eigenvalue weighted by Crippen LogP contribution is 2.28. The Morgan fingerprint density at radius 3 is 3.25 bits per heavy atom. The van der Waals surface area contributed by atoms with Crippen LogP contribution in [0.2, 0.25) is 0 Å². The molecular formula is C15H26N4O. The van der Waals surface area contributed by atoms with E-state index in [0.717, 1.165) is 31.9 Å². The fourth-order valence-electron chi connectivity index (χ4n) is 3.56. The fourth-order valence-corrected chi connectivity index (χ4v) is 3.56. The van der Waals surface area contributed by atoms with Crippen molar-refractivity contribution in [3.8, 4) is 0 Å². The summed E-state index contributed by atoms with van der Waals surface area (Å²) in [7, 11) is 2.01. The molecule has 20 heavy (non-hydrogen) atoms. The minimum absolute atomic E-state index is 0.179. The van der Waals surface area contributed by atoms with Gasteiger partial charge in [0.2, 0.25) is 0 Å². The van der Waals surface area contributed by atoms with E-state index in [0.29, 0.717) is 6.04 Å². The van der Waals surface area contributed by atoms with Gasteiger partial charge in [-0.15, -0.1) is 0 Å². The topological polar surface area (TPSA) is 42.3 Å². The van der Waals surface area contributed by atoms with Crippen molar-refractivity contribution in [2.75, 3.05) is 26.7 Å². The van der Waals surface area contributed by atoms with Crippen LogP contribution in [0, 0.1) is 0 Å². The number of imidazole rings is 1. The predicted molar refractivity (Wildman–Crippen MR) is 78.7 cm³/mol. The Hall–Kier alpha value is -0.910. The maximum atomic E-state index is 6.14. The molecule has 3 unspecified atom stereocenters. The molecule has 0 bridgehead atoms. The molecule has 0 aliphatic carbocycles. The summed E-state index contributed by atoms with van der Waals surface area (Å²) in [4.78, 5) is 7.16. The Morgan fingerprint density at radius 1 is 1.55 bits per heavy atom. The fraction of sp³-hybridized carbons (Fsp3) is 0.800. The number of fused-ring (bicyclic) bond motifs is 1. The molecule has 3 rings (SSSR count). The third-order valence-corrected chi connectivity index (χ3v) is 4.59. The maximum absolute atomic E-state index is 6.14. The molecule has 3 atom stereocenters. The largest absolute Gasteiger partial charge is 0.373 e. The molecule has 5 nitrogen and oxygen atoms in total. The third kappa shape index (κ3) is 2.62. The Balaban J connectivity index is 1.74. The summed E-state index contributed by atoms with van der Waals surface area (Å²) in [5.74, 6) is 1.11. The van der Waals surface area contributed by atoms with Crippen molar-refractivity contribution in [2.24, 2.45) is 0 Å². The van der Waals surface area contributed by atoms with E-state index in [-0.39, 0.29) is 12.1 Å². The Kier molecular flexibility index (Phi) is 4.38. The lowest BCUT2D eigenvalue weighted by Crippen LogP contribution is -2.50. The van der Waals surface area contributed by atoms with Gasteiger partial charge >= 0.3 is 0 Å². The number of aromatic nitrogens is 2. The van der Waals surface area contributed by atoms with Crippen LogP contribution in [0.25, 0.3) is 0 Å². The molecule has 112 valence electrons. The number of rotatable bonds is 5. The first-order valence-electron chi connectivity index (χ1n) is 7.87. The summed E-state index contributed by atoms with van der Waals surface area (Å²) in [6.07, 6.45) is 7.91. The zero-order valence-corrected chi connectivity index (χ0v) is 12.6. The molecule has 1 N–H and O–H groups in total. The van der Waals surface area contributed by atoms with Crippen LogP contribution in [0.4, 0.5) is 0 Å². The van der Waals surface area contributed by atoms with E-state index >= 15 is 0 Å². The van der Waals surface area contributed by atoms with E-state index in [1.165, 1.54) is 19.4 Å². The zero-order chi connectivity index (χ0) is 13.9. The predicted octanol–water partition coefficient (Wildman–Crippen LogP) is 1.42. The lowest BCUT2D eigenvalue weighted by Gasteiger charge is -2.38. The van der Waals surface area contributed by atoms with Crippen LogP contribution < -0.4 is 5.32 Å². The zero-order valence-electron chi connectivity index (χ0n) is 12.6. The lowest BCUT2D eigenvalue weighted by molar-refractivity contribution is -0.0659. The molecule has 1 aromatic heterocycles. The van der Waals surface area contributed by atoms with Crippen LogP contribution >= 0.6 is 0 Å². The highest BCUT2D eigenvalue weighted by molar-refractivity contribution is 5.04. The van der Waals surface area contributed by atoms with E-state index in [1.807, 2.05) is 13.2 Å². The van der Waals surface area contributed by atoms with E-state index in [9.17, 15) is 0 Å².